The van der Waals surface area contributed by atoms with E-state index in [0.717, 1.165) is 0 Å². The fourth-order valence-corrected chi connectivity index (χ4v) is 0.436. The standard InChI is InChI=1S/C6H12N2/c1-4-6-8(3)7-5-2/h4-6H,1-3H3. The molecule has 2 nitrogen and oxygen atoms in total. The summed E-state index contributed by atoms with van der Waals surface area (Å²) in [5.41, 5.74) is 0. The Bertz CT molecular complexity index is 82.7. The Labute approximate surface area is 50.5 Å². The molecule has 0 aromatic rings. The first kappa shape index (κ1) is 7.21. The lowest BCUT2D eigenvalue weighted by atomic mass is 10.7. The van der Waals surface area contributed by atoms with Gasteiger partial charge in [0.05, 0.1) is 0 Å². The van der Waals surface area contributed by atoms with Gasteiger partial charge < -0.3 is 0 Å². The summed E-state index contributed by atoms with van der Waals surface area (Å²) in [6.07, 6.45) is 5.58. The largest absolute Gasteiger partial charge is 0.277 e. The summed E-state index contributed by atoms with van der Waals surface area (Å²) >= 11 is 0. The quantitative estimate of drug-likeness (QED) is 0.390. The van der Waals surface area contributed by atoms with E-state index in [-0.39, 0.29) is 0 Å². The highest BCUT2D eigenvalue weighted by Crippen LogP contribution is 1.81. The van der Waals surface area contributed by atoms with Crippen LogP contribution in [0.3, 0.4) is 0 Å². The SMILES string of the molecule is CC=CN(C)N=CC. The van der Waals surface area contributed by atoms with Gasteiger partial charge in [0.1, 0.15) is 0 Å². The molecule has 0 saturated carbocycles. The number of rotatable bonds is 2. The van der Waals surface area contributed by atoms with Crippen molar-refractivity contribution >= 4 is 6.21 Å². The maximum absolute atomic E-state index is 3.94. The summed E-state index contributed by atoms with van der Waals surface area (Å²) in [5.74, 6) is 0. The predicted molar refractivity (Wildman–Crippen MR) is 36.7 cm³/mol. The Morgan fingerprint density at radius 3 is 2.38 bits per heavy atom. The van der Waals surface area contributed by atoms with Crippen LogP contribution in [0.4, 0.5) is 0 Å². The maximum Gasteiger partial charge on any atom is 0.0296 e. The molecule has 0 aromatic carbocycles. The summed E-state index contributed by atoms with van der Waals surface area (Å²) < 4.78 is 0. The van der Waals surface area contributed by atoms with Gasteiger partial charge in [-0.1, -0.05) is 6.08 Å². The Hall–Kier alpha value is -0.790. The molecule has 0 saturated heterocycles. The van der Waals surface area contributed by atoms with Gasteiger partial charge in [-0.25, -0.2) is 0 Å². The van der Waals surface area contributed by atoms with Crippen molar-refractivity contribution in [3.8, 4) is 0 Å². The van der Waals surface area contributed by atoms with E-state index in [1.165, 1.54) is 0 Å². The summed E-state index contributed by atoms with van der Waals surface area (Å²) in [6.45, 7) is 3.85. The van der Waals surface area contributed by atoms with Crippen LogP contribution in [0.15, 0.2) is 17.4 Å². The second-order valence-corrected chi connectivity index (χ2v) is 1.43. The second kappa shape index (κ2) is 4.37. The molecule has 0 N–H and O–H groups in total. The fraction of sp³-hybridized carbons (Fsp3) is 0.500. The first-order chi connectivity index (χ1) is 3.81. The molecule has 0 aliphatic rings. The van der Waals surface area contributed by atoms with Gasteiger partial charge in [0.2, 0.25) is 0 Å². The second-order valence-electron chi connectivity index (χ2n) is 1.43. The minimum absolute atomic E-state index is 1.75. The molecule has 0 rings (SSSR count). The number of hydrogen-bond acceptors (Lipinski definition) is 2. The highest BCUT2D eigenvalue weighted by molar-refractivity contribution is 5.52. The molecule has 2 heteroatoms. The van der Waals surface area contributed by atoms with E-state index in [2.05, 4.69) is 5.10 Å². The molecule has 0 unspecified atom stereocenters. The zero-order chi connectivity index (χ0) is 6.41. The summed E-state index contributed by atoms with van der Waals surface area (Å²) in [4.78, 5) is 0. The molecule has 0 spiro atoms. The first-order valence-electron chi connectivity index (χ1n) is 2.65. The molecule has 0 aromatic heterocycles. The topological polar surface area (TPSA) is 15.6 Å². The third-order valence-electron chi connectivity index (χ3n) is 0.662. The third kappa shape index (κ3) is 3.40. The predicted octanol–water partition coefficient (Wildman–Crippen LogP) is 1.46. The highest BCUT2D eigenvalue weighted by Gasteiger charge is 1.74. The molecular weight excluding hydrogens is 100 g/mol. The van der Waals surface area contributed by atoms with Crippen LogP contribution < -0.4 is 0 Å². The average Bonchev–Trinajstić information content (AvgIpc) is 1.68. The molecule has 0 heterocycles. The molecule has 0 fully saturated rings. The summed E-state index contributed by atoms with van der Waals surface area (Å²) in [5, 5.41) is 5.69. The van der Waals surface area contributed by atoms with E-state index in [4.69, 9.17) is 0 Å². The number of nitrogens with zero attached hydrogens (tertiary/aromatic N) is 2. The van der Waals surface area contributed by atoms with Crippen LogP contribution in [0.1, 0.15) is 13.8 Å². The molecule has 0 amide bonds. The van der Waals surface area contributed by atoms with Gasteiger partial charge >= 0.3 is 0 Å². The van der Waals surface area contributed by atoms with Crippen LogP contribution in [0, 0.1) is 0 Å². The monoisotopic (exact) mass is 112 g/mol. The van der Waals surface area contributed by atoms with Gasteiger partial charge in [-0.15, -0.1) is 0 Å². The average molecular weight is 112 g/mol. The lowest BCUT2D eigenvalue weighted by Crippen LogP contribution is -1.99. The summed E-state index contributed by atoms with van der Waals surface area (Å²) in [6, 6.07) is 0. The van der Waals surface area contributed by atoms with Gasteiger partial charge in [0.25, 0.3) is 0 Å². The van der Waals surface area contributed by atoms with Crippen LogP contribution in [0.2, 0.25) is 0 Å². The van der Waals surface area contributed by atoms with Crippen LogP contribution >= 0.6 is 0 Å². The van der Waals surface area contributed by atoms with Gasteiger partial charge in [-0.05, 0) is 13.8 Å². The molecule has 8 heavy (non-hydrogen) atoms. The summed E-state index contributed by atoms with van der Waals surface area (Å²) in [7, 11) is 1.89. The van der Waals surface area contributed by atoms with Crippen LogP contribution in [-0.4, -0.2) is 18.3 Å². The first-order valence-corrected chi connectivity index (χ1v) is 2.65. The van der Waals surface area contributed by atoms with E-state index in [1.807, 2.05) is 33.2 Å². The van der Waals surface area contributed by atoms with Crippen molar-refractivity contribution < 1.29 is 0 Å². The molecule has 0 atom stereocenters. The van der Waals surface area contributed by atoms with Gasteiger partial charge in [-0.2, -0.15) is 5.10 Å². The van der Waals surface area contributed by atoms with E-state index in [9.17, 15) is 0 Å². The Morgan fingerprint density at radius 2 is 2.00 bits per heavy atom. The van der Waals surface area contributed by atoms with E-state index in [0.29, 0.717) is 0 Å². The molecular formula is C6H12N2. The third-order valence-corrected chi connectivity index (χ3v) is 0.662. The van der Waals surface area contributed by atoms with Crippen molar-refractivity contribution in [1.82, 2.24) is 5.01 Å². The number of hydrazone groups is 1. The normalized spacial score (nSPS) is 11.4. The molecule has 0 aliphatic carbocycles. The number of hydrogen-bond donors (Lipinski definition) is 0. The van der Waals surface area contributed by atoms with E-state index in [1.54, 1.807) is 11.2 Å². The van der Waals surface area contributed by atoms with Crippen molar-refractivity contribution in [1.29, 1.82) is 0 Å². The van der Waals surface area contributed by atoms with Crippen LogP contribution in [0.5, 0.6) is 0 Å². The smallest absolute Gasteiger partial charge is 0.0296 e. The maximum atomic E-state index is 3.94. The molecule has 46 valence electrons. The van der Waals surface area contributed by atoms with Crippen molar-refractivity contribution in [2.24, 2.45) is 5.10 Å². The van der Waals surface area contributed by atoms with Crippen molar-refractivity contribution in [3.05, 3.63) is 12.3 Å². The molecule has 0 bridgehead atoms. The van der Waals surface area contributed by atoms with Gasteiger partial charge in [0, 0.05) is 19.5 Å². The van der Waals surface area contributed by atoms with Gasteiger partial charge in [-0.3, -0.25) is 5.01 Å². The zero-order valence-corrected chi connectivity index (χ0v) is 5.63. The lowest BCUT2D eigenvalue weighted by molar-refractivity contribution is 0.492. The molecule has 0 aliphatic heterocycles. The fourth-order valence-electron chi connectivity index (χ4n) is 0.436. The Morgan fingerprint density at radius 1 is 1.38 bits per heavy atom. The molecule has 0 radical (unpaired) electrons. The van der Waals surface area contributed by atoms with E-state index >= 15 is 0 Å². The lowest BCUT2D eigenvalue weighted by Gasteiger charge is -2.02. The van der Waals surface area contributed by atoms with Crippen LogP contribution in [-0.2, 0) is 0 Å². The zero-order valence-electron chi connectivity index (χ0n) is 5.63. The Kier molecular flexibility index (Phi) is 3.94. The van der Waals surface area contributed by atoms with Crippen molar-refractivity contribution in [3.63, 3.8) is 0 Å². The van der Waals surface area contributed by atoms with E-state index < -0.39 is 0 Å². The van der Waals surface area contributed by atoms with Crippen molar-refractivity contribution in [2.75, 3.05) is 7.05 Å². The number of allylic oxidation sites excluding steroid dienone is 1. The minimum atomic E-state index is 1.75. The van der Waals surface area contributed by atoms with Gasteiger partial charge in [0.15, 0.2) is 0 Å². The minimum Gasteiger partial charge on any atom is -0.277 e. The Balaban J connectivity index is 3.47. The van der Waals surface area contributed by atoms with Crippen LogP contribution in [0.25, 0.3) is 0 Å². The highest BCUT2D eigenvalue weighted by atomic mass is 15.4. The van der Waals surface area contributed by atoms with Crippen molar-refractivity contribution in [2.45, 2.75) is 13.8 Å².